The van der Waals surface area contributed by atoms with Crippen molar-refractivity contribution in [2.75, 3.05) is 0 Å². The number of rotatable bonds is 4. The first-order valence-electron chi connectivity index (χ1n) is 5.62. The van der Waals surface area contributed by atoms with Crippen LogP contribution in [0.25, 0.3) is 0 Å². The highest BCUT2D eigenvalue weighted by molar-refractivity contribution is 6.32. The van der Waals surface area contributed by atoms with Gasteiger partial charge < -0.3 is 15.7 Å². The predicted octanol–water partition coefficient (Wildman–Crippen LogP) is 2.55. The molecule has 20 heavy (non-hydrogen) atoms. The van der Waals surface area contributed by atoms with E-state index in [0.29, 0.717) is 5.56 Å². The molecule has 0 aliphatic carbocycles. The van der Waals surface area contributed by atoms with Crippen LogP contribution in [-0.4, -0.2) is 16.0 Å². The first-order valence-corrected chi connectivity index (χ1v) is 6.00. The summed E-state index contributed by atoms with van der Waals surface area (Å²) >= 11 is 5.86. The molecule has 104 valence electrons. The first-order chi connectivity index (χ1) is 9.63. The lowest BCUT2D eigenvalue weighted by atomic mass is 10.2. The van der Waals surface area contributed by atoms with Gasteiger partial charge >= 0.3 is 0 Å². The molecule has 1 aromatic carbocycles. The largest absolute Gasteiger partial charge is 0.484 e. The number of pyridine rings is 1. The molecule has 0 aliphatic heterocycles. The maximum absolute atomic E-state index is 13.6. The number of nitrogens with two attached hydrogens (primary N) is 1. The number of benzene rings is 1. The molecule has 0 amide bonds. The van der Waals surface area contributed by atoms with Gasteiger partial charge in [0.1, 0.15) is 12.3 Å². The van der Waals surface area contributed by atoms with Crippen molar-refractivity contribution in [2.45, 2.75) is 6.61 Å². The third kappa shape index (κ3) is 2.97. The molecule has 7 heteroatoms. The molecule has 0 saturated heterocycles. The van der Waals surface area contributed by atoms with Crippen LogP contribution in [0.2, 0.25) is 5.02 Å². The van der Waals surface area contributed by atoms with Crippen molar-refractivity contribution >= 4 is 17.4 Å². The topological polar surface area (TPSA) is 80.7 Å². The molecule has 0 spiro atoms. The van der Waals surface area contributed by atoms with Crippen LogP contribution in [-0.2, 0) is 6.61 Å². The second-order valence-corrected chi connectivity index (χ2v) is 4.24. The summed E-state index contributed by atoms with van der Waals surface area (Å²) in [6.07, 6.45) is 1.49. The Morgan fingerprint density at radius 1 is 1.40 bits per heavy atom. The van der Waals surface area contributed by atoms with Crippen LogP contribution in [0.5, 0.6) is 5.75 Å². The van der Waals surface area contributed by atoms with Gasteiger partial charge in [0.2, 0.25) is 0 Å². The van der Waals surface area contributed by atoms with E-state index in [4.69, 9.17) is 27.3 Å². The number of hydrogen-bond acceptors (Lipinski definition) is 4. The van der Waals surface area contributed by atoms with E-state index >= 15 is 0 Å². The molecule has 0 radical (unpaired) electrons. The fourth-order valence-electron chi connectivity index (χ4n) is 1.60. The van der Waals surface area contributed by atoms with Gasteiger partial charge in [0, 0.05) is 11.8 Å². The van der Waals surface area contributed by atoms with Crippen molar-refractivity contribution < 1.29 is 14.3 Å². The smallest absolute Gasteiger partial charge is 0.189 e. The van der Waals surface area contributed by atoms with Crippen molar-refractivity contribution in [1.82, 2.24) is 4.98 Å². The lowest BCUT2D eigenvalue weighted by molar-refractivity contribution is 0.289. The maximum Gasteiger partial charge on any atom is 0.189 e. The van der Waals surface area contributed by atoms with E-state index < -0.39 is 5.82 Å². The quantitative estimate of drug-likeness (QED) is 0.393. The fraction of sp³-hybridized carbons (Fsp3) is 0.0769. The normalized spacial score (nSPS) is 11.4. The molecule has 0 fully saturated rings. The molecule has 1 aromatic heterocycles. The second-order valence-electron chi connectivity index (χ2n) is 3.84. The van der Waals surface area contributed by atoms with E-state index in [2.05, 4.69) is 10.1 Å². The Balaban J connectivity index is 2.24. The SMILES string of the molecule is N/C(=N/O)c1ncccc1COc1c(F)cccc1Cl. The number of amidine groups is 1. The van der Waals surface area contributed by atoms with Crippen molar-refractivity contribution in [3.8, 4) is 5.75 Å². The standard InChI is InChI=1S/C13H11ClFN3O2/c14-9-4-1-5-10(15)12(9)20-7-8-3-2-6-17-11(8)13(16)18-19/h1-6,19H,7H2,(H2,16,18). The van der Waals surface area contributed by atoms with E-state index in [1.54, 1.807) is 12.1 Å². The van der Waals surface area contributed by atoms with Gasteiger partial charge in [0.15, 0.2) is 17.4 Å². The van der Waals surface area contributed by atoms with E-state index in [0.717, 1.165) is 0 Å². The second kappa shape index (κ2) is 6.21. The van der Waals surface area contributed by atoms with Gasteiger partial charge in [-0.05, 0) is 18.2 Å². The van der Waals surface area contributed by atoms with Gasteiger partial charge in [-0.15, -0.1) is 0 Å². The lowest BCUT2D eigenvalue weighted by Crippen LogP contribution is -2.18. The molecule has 0 bridgehead atoms. The lowest BCUT2D eigenvalue weighted by Gasteiger charge is -2.11. The number of oxime groups is 1. The molecular weight excluding hydrogens is 285 g/mol. The monoisotopic (exact) mass is 295 g/mol. The molecule has 0 atom stereocenters. The van der Waals surface area contributed by atoms with Gasteiger partial charge in [0.25, 0.3) is 0 Å². The Morgan fingerprint density at radius 3 is 2.90 bits per heavy atom. The van der Waals surface area contributed by atoms with Crippen LogP contribution >= 0.6 is 11.6 Å². The predicted molar refractivity (Wildman–Crippen MR) is 72.5 cm³/mol. The summed E-state index contributed by atoms with van der Waals surface area (Å²) in [4.78, 5) is 3.98. The number of aromatic nitrogens is 1. The Kier molecular flexibility index (Phi) is 4.37. The molecule has 0 unspecified atom stereocenters. The molecule has 0 saturated carbocycles. The number of nitrogens with zero attached hydrogens (tertiary/aromatic N) is 2. The summed E-state index contributed by atoms with van der Waals surface area (Å²) in [6.45, 7) is -0.0138. The van der Waals surface area contributed by atoms with Crippen LogP contribution in [0, 0.1) is 5.82 Å². The zero-order valence-corrected chi connectivity index (χ0v) is 11.0. The number of hydrogen-bond donors (Lipinski definition) is 2. The van der Waals surface area contributed by atoms with Crippen molar-refractivity contribution in [2.24, 2.45) is 10.9 Å². The van der Waals surface area contributed by atoms with E-state index in [9.17, 15) is 4.39 Å². The summed E-state index contributed by atoms with van der Waals surface area (Å²) in [7, 11) is 0. The Morgan fingerprint density at radius 2 is 2.20 bits per heavy atom. The van der Waals surface area contributed by atoms with Crippen LogP contribution < -0.4 is 10.5 Å². The van der Waals surface area contributed by atoms with Gasteiger partial charge in [-0.25, -0.2) is 4.39 Å². The zero-order chi connectivity index (χ0) is 14.5. The molecule has 0 aliphatic rings. The van der Waals surface area contributed by atoms with Crippen molar-refractivity contribution in [1.29, 1.82) is 0 Å². The molecule has 2 rings (SSSR count). The number of halogens is 2. The molecule has 1 heterocycles. The summed E-state index contributed by atoms with van der Waals surface area (Å²) in [6, 6.07) is 7.59. The highest BCUT2D eigenvalue weighted by atomic mass is 35.5. The third-order valence-electron chi connectivity index (χ3n) is 2.53. The van der Waals surface area contributed by atoms with Gasteiger partial charge in [-0.2, -0.15) is 0 Å². The van der Waals surface area contributed by atoms with Crippen molar-refractivity contribution in [3.05, 3.63) is 58.6 Å². The minimum absolute atomic E-state index is 0.0138. The van der Waals surface area contributed by atoms with Crippen LogP contribution in [0.4, 0.5) is 4.39 Å². The van der Waals surface area contributed by atoms with Gasteiger partial charge in [-0.1, -0.05) is 28.9 Å². The Labute approximate surface area is 119 Å². The maximum atomic E-state index is 13.6. The van der Waals surface area contributed by atoms with Crippen LogP contribution in [0.3, 0.4) is 0 Å². The minimum atomic E-state index is -0.563. The Bertz CT molecular complexity index is 629. The Hall–Kier alpha value is -2.34. The van der Waals surface area contributed by atoms with Gasteiger partial charge in [0.05, 0.1) is 5.02 Å². The van der Waals surface area contributed by atoms with E-state index in [-0.39, 0.29) is 28.9 Å². The van der Waals surface area contributed by atoms with Gasteiger partial charge in [-0.3, -0.25) is 4.98 Å². The minimum Gasteiger partial charge on any atom is -0.484 e. The summed E-state index contributed by atoms with van der Waals surface area (Å²) < 4.78 is 18.9. The molecule has 5 nitrogen and oxygen atoms in total. The zero-order valence-electron chi connectivity index (χ0n) is 10.3. The average molecular weight is 296 g/mol. The highest BCUT2D eigenvalue weighted by Gasteiger charge is 2.12. The van der Waals surface area contributed by atoms with Crippen molar-refractivity contribution in [3.63, 3.8) is 0 Å². The third-order valence-corrected chi connectivity index (χ3v) is 2.83. The number of ether oxygens (including phenoxy) is 1. The summed E-state index contributed by atoms with van der Waals surface area (Å²) in [5, 5.41) is 11.7. The fourth-order valence-corrected chi connectivity index (χ4v) is 1.82. The first kappa shape index (κ1) is 14.1. The average Bonchev–Trinajstić information content (AvgIpc) is 2.46. The summed E-state index contributed by atoms with van der Waals surface area (Å²) in [5.41, 5.74) is 6.32. The molecule has 2 aromatic rings. The van der Waals surface area contributed by atoms with E-state index in [1.165, 1.54) is 24.4 Å². The van der Waals surface area contributed by atoms with Crippen LogP contribution in [0.1, 0.15) is 11.3 Å². The van der Waals surface area contributed by atoms with E-state index in [1.807, 2.05) is 0 Å². The van der Waals surface area contributed by atoms with Crippen LogP contribution in [0.15, 0.2) is 41.7 Å². The molecular formula is C13H11ClFN3O2. The summed E-state index contributed by atoms with van der Waals surface area (Å²) in [5.74, 6) is -0.765. The highest BCUT2D eigenvalue weighted by Crippen LogP contribution is 2.28. The molecule has 3 N–H and O–H groups in total. The number of para-hydroxylation sites is 1.